The van der Waals surface area contributed by atoms with Gasteiger partial charge in [0, 0.05) is 12.4 Å². The highest BCUT2D eigenvalue weighted by Gasteiger charge is 2.01. The predicted molar refractivity (Wildman–Crippen MR) is 46.8 cm³/mol. The van der Waals surface area contributed by atoms with E-state index in [2.05, 4.69) is 9.97 Å². The van der Waals surface area contributed by atoms with Gasteiger partial charge in [0.1, 0.15) is 0 Å². The van der Waals surface area contributed by atoms with E-state index < -0.39 is 0 Å². The molecule has 0 aliphatic rings. The van der Waals surface area contributed by atoms with Crippen LogP contribution in [0.1, 0.15) is 24.7 Å². The molecule has 3 nitrogen and oxygen atoms in total. The molecule has 0 radical (unpaired) electrons. The van der Waals surface area contributed by atoms with Gasteiger partial charge < -0.3 is 5.11 Å². The number of nitrogens with zero attached hydrogens (tertiary/aromatic N) is 2. The molecule has 1 N–H and O–H groups in total. The van der Waals surface area contributed by atoms with Gasteiger partial charge in [-0.15, -0.1) is 0 Å². The van der Waals surface area contributed by atoms with Crippen LogP contribution in [0.25, 0.3) is 0 Å². The van der Waals surface area contributed by atoms with Crippen molar-refractivity contribution >= 4 is 0 Å². The van der Waals surface area contributed by atoms with Crippen molar-refractivity contribution in [2.45, 2.75) is 32.8 Å². The van der Waals surface area contributed by atoms with Crippen molar-refractivity contribution in [3.63, 3.8) is 0 Å². The topological polar surface area (TPSA) is 46.0 Å². The lowest BCUT2D eigenvalue weighted by Crippen LogP contribution is -2.04. The molecular weight excluding hydrogens is 152 g/mol. The van der Waals surface area contributed by atoms with Crippen molar-refractivity contribution in [1.29, 1.82) is 0 Å². The third-order valence-electron chi connectivity index (χ3n) is 1.78. The zero-order valence-corrected chi connectivity index (χ0v) is 7.49. The third-order valence-corrected chi connectivity index (χ3v) is 1.78. The predicted octanol–water partition coefficient (Wildman–Crippen LogP) is 1.10. The van der Waals surface area contributed by atoms with Crippen LogP contribution in [0.4, 0.5) is 0 Å². The molecule has 0 bridgehead atoms. The van der Waals surface area contributed by atoms with Gasteiger partial charge in [0.15, 0.2) is 0 Å². The lowest BCUT2D eigenvalue weighted by atomic mass is 10.1. The van der Waals surface area contributed by atoms with Gasteiger partial charge in [-0.05, 0) is 26.7 Å². The molecule has 1 rings (SSSR count). The molecule has 0 spiro atoms. The van der Waals surface area contributed by atoms with Crippen LogP contribution in [0.3, 0.4) is 0 Å². The Morgan fingerprint density at radius 2 is 2.08 bits per heavy atom. The summed E-state index contributed by atoms with van der Waals surface area (Å²) in [5.41, 5.74) is 1.94. The summed E-state index contributed by atoms with van der Waals surface area (Å²) in [6, 6.07) is 0. The molecule has 0 aromatic carbocycles. The van der Waals surface area contributed by atoms with Crippen LogP contribution >= 0.6 is 0 Å². The number of aromatic nitrogens is 2. The van der Waals surface area contributed by atoms with Crippen molar-refractivity contribution in [2.75, 3.05) is 0 Å². The first kappa shape index (κ1) is 9.13. The van der Waals surface area contributed by atoms with Gasteiger partial charge in [0.05, 0.1) is 17.5 Å². The van der Waals surface area contributed by atoms with E-state index in [1.807, 2.05) is 6.92 Å². The Labute approximate surface area is 72.5 Å². The molecule has 66 valence electrons. The van der Waals surface area contributed by atoms with Crippen LogP contribution in [-0.2, 0) is 6.42 Å². The van der Waals surface area contributed by atoms with Gasteiger partial charge in [-0.25, -0.2) is 0 Å². The Morgan fingerprint density at radius 1 is 1.42 bits per heavy atom. The standard InChI is InChI=1S/C9H14N2O/c1-7(12)3-4-9-8(2)10-5-6-11-9/h5-7,12H,3-4H2,1-2H3. The van der Waals surface area contributed by atoms with Crippen LogP contribution in [0, 0.1) is 6.92 Å². The normalized spacial score (nSPS) is 12.9. The van der Waals surface area contributed by atoms with Crippen molar-refractivity contribution in [1.82, 2.24) is 9.97 Å². The number of hydrogen-bond acceptors (Lipinski definition) is 3. The average Bonchev–Trinajstić information content (AvgIpc) is 2.03. The first-order chi connectivity index (χ1) is 5.70. The molecule has 3 heteroatoms. The van der Waals surface area contributed by atoms with E-state index in [1.165, 1.54) is 0 Å². The number of hydrogen-bond donors (Lipinski definition) is 1. The lowest BCUT2D eigenvalue weighted by molar-refractivity contribution is 0.184. The molecule has 1 atom stereocenters. The highest BCUT2D eigenvalue weighted by Crippen LogP contribution is 2.04. The van der Waals surface area contributed by atoms with Crippen LogP contribution in [0.15, 0.2) is 12.4 Å². The Hall–Kier alpha value is -0.960. The molecule has 1 heterocycles. The highest BCUT2D eigenvalue weighted by atomic mass is 16.3. The monoisotopic (exact) mass is 166 g/mol. The molecule has 1 aromatic rings. The SMILES string of the molecule is Cc1nccnc1CCC(C)O. The van der Waals surface area contributed by atoms with Crippen molar-refractivity contribution in [3.8, 4) is 0 Å². The number of aryl methyl sites for hydroxylation is 2. The van der Waals surface area contributed by atoms with E-state index >= 15 is 0 Å². The summed E-state index contributed by atoms with van der Waals surface area (Å²) >= 11 is 0. The van der Waals surface area contributed by atoms with E-state index in [1.54, 1.807) is 19.3 Å². The third kappa shape index (κ3) is 2.58. The minimum Gasteiger partial charge on any atom is -0.393 e. The number of aliphatic hydroxyl groups is 1. The molecule has 0 saturated carbocycles. The molecular formula is C9H14N2O. The zero-order valence-electron chi connectivity index (χ0n) is 7.49. The maximum Gasteiger partial charge on any atom is 0.0616 e. The molecule has 1 unspecified atom stereocenters. The summed E-state index contributed by atoms with van der Waals surface area (Å²) in [6.45, 7) is 3.72. The lowest BCUT2D eigenvalue weighted by Gasteiger charge is -2.04. The van der Waals surface area contributed by atoms with Crippen LogP contribution in [0.2, 0.25) is 0 Å². The molecule has 1 aromatic heterocycles. The molecule has 12 heavy (non-hydrogen) atoms. The van der Waals surface area contributed by atoms with E-state index in [9.17, 15) is 0 Å². The summed E-state index contributed by atoms with van der Waals surface area (Å²) in [7, 11) is 0. The smallest absolute Gasteiger partial charge is 0.0616 e. The van der Waals surface area contributed by atoms with E-state index in [0.29, 0.717) is 0 Å². The van der Waals surface area contributed by atoms with Gasteiger partial charge in [0.25, 0.3) is 0 Å². The van der Waals surface area contributed by atoms with Gasteiger partial charge >= 0.3 is 0 Å². The second kappa shape index (κ2) is 4.16. The summed E-state index contributed by atoms with van der Waals surface area (Å²) in [4.78, 5) is 8.29. The van der Waals surface area contributed by atoms with Crippen LogP contribution in [0.5, 0.6) is 0 Å². The van der Waals surface area contributed by atoms with Crippen molar-refractivity contribution < 1.29 is 5.11 Å². The Bertz CT molecular complexity index is 248. The van der Waals surface area contributed by atoms with Crippen LogP contribution in [-0.4, -0.2) is 21.2 Å². The van der Waals surface area contributed by atoms with E-state index in [0.717, 1.165) is 24.2 Å². The van der Waals surface area contributed by atoms with Crippen molar-refractivity contribution in [3.05, 3.63) is 23.8 Å². The maximum atomic E-state index is 9.06. The zero-order chi connectivity index (χ0) is 8.97. The minimum atomic E-state index is -0.258. The largest absolute Gasteiger partial charge is 0.393 e. The number of aliphatic hydroxyl groups excluding tert-OH is 1. The molecule has 0 fully saturated rings. The first-order valence-corrected chi connectivity index (χ1v) is 4.14. The maximum absolute atomic E-state index is 9.06. The quantitative estimate of drug-likeness (QED) is 0.731. The Kier molecular flexibility index (Phi) is 3.17. The van der Waals surface area contributed by atoms with Crippen molar-refractivity contribution in [2.24, 2.45) is 0 Å². The Balaban J connectivity index is 2.57. The molecule has 0 saturated heterocycles. The highest BCUT2D eigenvalue weighted by molar-refractivity contribution is 5.08. The molecule has 0 aliphatic carbocycles. The van der Waals surface area contributed by atoms with E-state index in [4.69, 9.17) is 5.11 Å². The van der Waals surface area contributed by atoms with Gasteiger partial charge in [-0.3, -0.25) is 9.97 Å². The first-order valence-electron chi connectivity index (χ1n) is 4.14. The summed E-state index contributed by atoms with van der Waals surface area (Å²) in [5, 5.41) is 9.06. The minimum absolute atomic E-state index is 0.258. The molecule has 0 amide bonds. The van der Waals surface area contributed by atoms with E-state index in [-0.39, 0.29) is 6.10 Å². The van der Waals surface area contributed by atoms with Gasteiger partial charge in [-0.2, -0.15) is 0 Å². The van der Waals surface area contributed by atoms with Crippen LogP contribution < -0.4 is 0 Å². The fourth-order valence-corrected chi connectivity index (χ4v) is 1.03. The summed E-state index contributed by atoms with van der Waals surface area (Å²) < 4.78 is 0. The summed E-state index contributed by atoms with van der Waals surface area (Å²) in [5.74, 6) is 0. The second-order valence-electron chi connectivity index (χ2n) is 2.98. The number of rotatable bonds is 3. The fraction of sp³-hybridized carbons (Fsp3) is 0.556. The summed E-state index contributed by atoms with van der Waals surface area (Å²) in [6.07, 6.45) is 4.66. The fourth-order valence-electron chi connectivity index (χ4n) is 1.03. The van der Waals surface area contributed by atoms with Gasteiger partial charge in [-0.1, -0.05) is 0 Å². The van der Waals surface area contributed by atoms with Gasteiger partial charge in [0.2, 0.25) is 0 Å². The average molecular weight is 166 g/mol. The second-order valence-corrected chi connectivity index (χ2v) is 2.98. The molecule has 0 aliphatic heterocycles. The Morgan fingerprint density at radius 3 is 2.67 bits per heavy atom.